The van der Waals surface area contributed by atoms with Gasteiger partial charge in [-0.3, -0.25) is 4.79 Å². The first-order valence-electron chi connectivity index (χ1n) is 6.53. The smallest absolute Gasteiger partial charge is 0.226 e. The second kappa shape index (κ2) is 6.52. The number of carbonyl (C=O) groups excluding carboxylic acids is 1. The molecule has 1 aromatic heterocycles. The van der Waals surface area contributed by atoms with Gasteiger partial charge in [0.1, 0.15) is 0 Å². The molecule has 0 aliphatic carbocycles. The van der Waals surface area contributed by atoms with Crippen LogP contribution in [0.5, 0.6) is 0 Å². The number of carbonyl (C=O) groups is 1. The first-order chi connectivity index (χ1) is 9.54. The van der Waals surface area contributed by atoms with Crippen molar-refractivity contribution in [3.05, 3.63) is 40.9 Å². The number of aryl methyl sites for hydroxylation is 2. The van der Waals surface area contributed by atoms with Gasteiger partial charge in [-0.2, -0.15) is 0 Å². The molecule has 1 aromatic carbocycles. The van der Waals surface area contributed by atoms with Gasteiger partial charge in [0, 0.05) is 31.6 Å². The summed E-state index contributed by atoms with van der Waals surface area (Å²) >= 11 is 1.46. The molecule has 0 aliphatic rings. The van der Waals surface area contributed by atoms with E-state index >= 15 is 0 Å². The minimum absolute atomic E-state index is 0.0102. The molecule has 0 spiro atoms. The third kappa shape index (κ3) is 4.06. The number of nitrogens with one attached hydrogen (secondary N) is 1. The molecule has 4 nitrogen and oxygen atoms in total. The van der Waals surface area contributed by atoms with Crippen LogP contribution in [-0.4, -0.2) is 25.0 Å². The van der Waals surface area contributed by atoms with E-state index in [-0.39, 0.29) is 5.91 Å². The van der Waals surface area contributed by atoms with Gasteiger partial charge in [0.05, 0.1) is 5.69 Å². The van der Waals surface area contributed by atoms with Crippen LogP contribution in [-0.2, 0) is 11.2 Å². The van der Waals surface area contributed by atoms with Gasteiger partial charge < -0.3 is 10.2 Å². The SMILES string of the molecule is Cc1csc(NC(=O)CCc2ccc(N(C)C)cc2)n1. The maximum Gasteiger partial charge on any atom is 0.226 e. The third-order valence-corrected chi connectivity index (χ3v) is 3.83. The van der Waals surface area contributed by atoms with Crippen LogP contribution in [0.25, 0.3) is 0 Å². The molecule has 0 saturated carbocycles. The summed E-state index contributed by atoms with van der Waals surface area (Å²) in [6.07, 6.45) is 1.21. The van der Waals surface area contributed by atoms with Crippen LogP contribution >= 0.6 is 11.3 Å². The lowest BCUT2D eigenvalue weighted by atomic mass is 10.1. The predicted molar refractivity (Wildman–Crippen MR) is 84.6 cm³/mol. The Morgan fingerprint density at radius 3 is 2.55 bits per heavy atom. The van der Waals surface area contributed by atoms with Crippen molar-refractivity contribution in [2.45, 2.75) is 19.8 Å². The quantitative estimate of drug-likeness (QED) is 0.920. The summed E-state index contributed by atoms with van der Waals surface area (Å²) in [7, 11) is 4.02. The average Bonchev–Trinajstić information content (AvgIpc) is 2.82. The Labute approximate surface area is 123 Å². The Morgan fingerprint density at radius 2 is 2.00 bits per heavy atom. The Balaban J connectivity index is 1.83. The second-order valence-corrected chi connectivity index (χ2v) is 5.76. The highest BCUT2D eigenvalue weighted by molar-refractivity contribution is 7.13. The van der Waals surface area contributed by atoms with E-state index in [1.165, 1.54) is 16.9 Å². The normalized spacial score (nSPS) is 10.3. The zero-order chi connectivity index (χ0) is 14.5. The van der Waals surface area contributed by atoms with Crippen LogP contribution in [0.2, 0.25) is 0 Å². The predicted octanol–water partition coefficient (Wildman–Crippen LogP) is 3.09. The van der Waals surface area contributed by atoms with Crippen LogP contribution in [0.4, 0.5) is 10.8 Å². The van der Waals surface area contributed by atoms with Crippen LogP contribution in [0.15, 0.2) is 29.6 Å². The summed E-state index contributed by atoms with van der Waals surface area (Å²) in [4.78, 5) is 18.1. The first kappa shape index (κ1) is 14.5. The van der Waals surface area contributed by atoms with Gasteiger partial charge in [-0.15, -0.1) is 11.3 Å². The molecule has 2 rings (SSSR count). The van der Waals surface area contributed by atoms with Crippen molar-refractivity contribution in [2.24, 2.45) is 0 Å². The van der Waals surface area contributed by atoms with Crippen molar-refractivity contribution in [1.29, 1.82) is 0 Å². The number of nitrogens with zero attached hydrogens (tertiary/aromatic N) is 2. The summed E-state index contributed by atoms with van der Waals surface area (Å²) in [5, 5.41) is 5.43. The fraction of sp³-hybridized carbons (Fsp3) is 0.333. The van der Waals surface area contributed by atoms with Crippen LogP contribution in [0, 0.1) is 6.92 Å². The molecule has 0 atom stereocenters. The highest BCUT2D eigenvalue weighted by Gasteiger charge is 2.06. The highest BCUT2D eigenvalue weighted by atomic mass is 32.1. The van der Waals surface area contributed by atoms with E-state index in [4.69, 9.17) is 0 Å². The number of anilines is 2. The maximum atomic E-state index is 11.8. The summed E-state index contributed by atoms with van der Waals surface area (Å²) in [6.45, 7) is 1.92. The van der Waals surface area contributed by atoms with Crippen molar-refractivity contribution in [2.75, 3.05) is 24.3 Å². The van der Waals surface area contributed by atoms with Crippen molar-refractivity contribution >= 4 is 28.1 Å². The lowest BCUT2D eigenvalue weighted by Gasteiger charge is -2.12. The number of amides is 1. The van der Waals surface area contributed by atoms with Crippen LogP contribution in [0.3, 0.4) is 0 Å². The molecule has 1 N–H and O–H groups in total. The van der Waals surface area contributed by atoms with Gasteiger partial charge in [0.2, 0.25) is 5.91 Å². The molecule has 0 bridgehead atoms. The van der Waals surface area contributed by atoms with E-state index in [2.05, 4.69) is 39.5 Å². The van der Waals surface area contributed by atoms with E-state index < -0.39 is 0 Å². The maximum absolute atomic E-state index is 11.8. The molecular formula is C15H19N3OS. The number of hydrogen-bond acceptors (Lipinski definition) is 4. The number of hydrogen-bond donors (Lipinski definition) is 1. The topological polar surface area (TPSA) is 45.2 Å². The molecule has 0 radical (unpaired) electrons. The van der Waals surface area contributed by atoms with E-state index in [9.17, 15) is 4.79 Å². The molecule has 0 fully saturated rings. The first-order valence-corrected chi connectivity index (χ1v) is 7.41. The molecule has 1 heterocycles. The summed E-state index contributed by atoms with van der Waals surface area (Å²) < 4.78 is 0. The fourth-order valence-corrected chi connectivity index (χ4v) is 2.52. The van der Waals surface area contributed by atoms with Crippen molar-refractivity contribution in [1.82, 2.24) is 4.98 Å². The summed E-state index contributed by atoms with van der Waals surface area (Å²) in [5.41, 5.74) is 3.27. The summed E-state index contributed by atoms with van der Waals surface area (Å²) in [5.74, 6) is 0.0102. The van der Waals surface area contributed by atoms with E-state index in [0.29, 0.717) is 11.6 Å². The summed E-state index contributed by atoms with van der Waals surface area (Å²) in [6, 6.07) is 8.27. The van der Waals surface area contributed by atoms with Gasteiger partial charge in [-0.05, 0) is 31.0 Å². The molecule has 106 valence electrons. The van der Waals surface area contributed by atoms with Gasteiger partial charge in [0.15, 0.2) is 5.13 Å². The molecule has 20 heavy (non-hydrogen) atoms. The lowest BCUT2D eigenvalue weighted by Crippen LogP contribution is -2.12. The van der Waals surface area contributed by atoms with Gasteiger partial charge in [0.25, 0.3) is 0 Å². The van der Waals surface area contributed by atoms with Crippen LogP contribution < -0.4 is 10.2 Å². The van der Waals surface area contributed by atoms with Gasteiger partial charge in [-0.25, -0.2) is 4.98 Å². The van der Waals surface area contributed by atoms with Gasteiger partial charge >= 0.3 is 0 Å². The number of aromatic nitrogens is 1. The Morgan fingerprint density at radius 1 is 1.30 bits per heavy atom. The fourth-order valence-electron chi connectivity index (χ4n) is 1.81. The minimum atomic E-state index is 0.0102. The van der Waals surface area contributed by atoms with Crippen molar-refractivity contribution in [3.8, 4) is 0 Å². The third-order valence-electron chi connectivity index (χ3n) is 2.96. The van der Waals surface area contributed by atoms with Gasteiger partial charge in [-0.1, -0.05) is 12.1 Å². The Hall–Kier alpha value is -1.88. The monoisotopic (exact) mass is 289 g/mol. The number of thiazole rings is 1. The average molecular weight is 289 g/mol. The number of benzene rings is 1. The van der Waals surface area contributed by atoms with E-state index in [0.717, 1.165) is 17.8 Å². The Kier molecular flexibility index (Phi) is 4.74. The molecule has 0 saturated heterocycles. The number of rotatable bonds is 5. The van der Waals surface area contributed by atoms with E-state index in [1.54, 1.807) is 0 Å². The zero-order valence-electron chi connectivity index (χ0n) is 12.0. The van der Waals surface area contributed by atoms with E-state index in [1.807, 2.05) is 26.4 Å². The molecule has 1 amide bonds. The minimum Gasteiger partial charge on any atom is -0.378 e. The van der Waals surface area contributed by atoms with Crippen LogP contribution in [0.1, 0.15) is 17.7 Å². The Bertz CT molecular complexity index is 575. The van der Waals surface area contributed by atoms with Crippen molar-refractivity contribution < 1.29 is 4.79 Å². The lowest BCUT2D eigenvalue weighted by molar-refractivity contribution is -0.116. The van der Waals surface area contributed by atoms with Crippen molar-refractivity contribution in [3.63, 3.8) is 0 Å². The molecule has 5 heteroatoms. The molecule has 2 aromatic rings. The standard InChI is InChI=1S/C15H19N3OS/c1-11-10-20-15(16-11)17-14(19)9-6-12-4-7-13(8-5-12)18(2)3/h4-5,7-8,10H,6,9H2,1-3H3,(H,16,17,19). The largest absolute Gasteiger partial charge is 0.378 e. The molecule has 0 aliphatic heterocycles. The highest BCUT2D eigenvalue weighted by Crippen LogP contribution is 2.16. The zero-order valence-corrected chi connectivity index (χ0v) is 12.8. The second-order valence-electron chi connectivity index (χ2n) is 4.90. The molecular weight excluding hydrogens is 270 g/mol. The molecule has 0 unspecified atom stereocenters.